The highest BCUT2D eigenvalue weighted by Gasteiger charge is 2.03. The molecular weight excluding hydrogens is 225 g/mol. The van der Waals surface area contributed by atoms with Crippen LogP contribution in [0.5, 0.6) is 0 Å². The van der Waals surface area contributed by atoms with E-state index in [1.807, 2.05) is 6.07 Å². The molecule has 1 aromatic carbocycles. The van der Waals surface area contributed by atoms with Crippen LogP contribution in [0, 0.1) is 5.82 Å². The van der Waals surface area contributed by atoms with E-state index in [2.05, 4.69) is 19.2 Å². The van der Waals surface area contributed by atoms with Gasteiger partial charge in [0.1, 0.15) is 5.82 Å². The lowest BCUT2D eigenvalue weighted by atomic mass is 10.1. The highest BCUT2D eigenvalue weighted by molar-refractivity contribution is 6.30. The third kappa shape index (κ3) is 4.50. The SMILES string of the molecule is CCCCC(C)NCc1ccc(Cl)c(F)c1. The number of unbranched alkanes of at least 4 members (excludes halogenated alkanes) is 1. The Bertz CT molecular complexity index is 328. The first-order valence-corrected chi connectivity index (χ1v) is 6.18. The summed E-state index contributed by atoms with van der Waals surface area (Å²) >= 11 is 5.62. The maximum absolute atomic E-state index is 13.1. The Morgan fingerprint density at radius 1 is 1.44 bits per heavy atom. The Morgan fingerprint density at radius 3 is 2.81 bits per heavy atom. The van der Waals surface area contributed by atoms with Gasteiger partial charge in [-0.05, 0) is 31.0 Å². The molecule has 0 heterocycles. The lowest BCUT2D eigenvalue weighted by Gasteiger charge is -2.13. The number of hydrogen-bond donors (Lipinski definition) is 1. The molecule has 0 aliphatic rings. The summed E-state index contributed by atoms with van der Waals surface area (Å²) in [5.74, 6) is -0.345. The van der Waals surface area contributed by atoms with Crippen LogP contribution in [0.1, 0.15) is 38.7 Å². The van der Waals surface area contributed by atoms with Crippen molar-refractivity contribution in [2.75, 3.05) is 0 Å². The quantitative estimate of drug-likeness (QED) is 0.792. The van der Waals surface area contributed by atoms with Gasteiger partial charge in [0.15, 0.2) is 0 Å². The number of halogens is 2. The van der Waals surface area contributed by atoms with Gasteiger partial charge in [0, 0.05) is 12.6 Å². The van der Waals surface area contributed by atoms with Crippen molar-refractivity contribution < 1.29 is 4.39 Å². The van der Waals surface area contributed by atoms with Gasteiger partial charge in [-0.2, -0.15) is 0 Å². The van der Waals surface area contributed by atoms with Crippen LogP contribution in [0.15, 0.2) is 18.2 Å². The van der Waals surface area contributed by atoms with Gasteiger partial charge in [0.05, 0.1) is 5.02 Å². The van der Waals surface area contributed by atoms with E-state index in [-0.39, 0.29) is 10.8 Å². The molecule has 90 valence electrons. The van der Waals surface area contributed by atoms with Crippen LogP contribution < -0.4 is 5.32 Å². The molecule has 1 rings (SSSR count). The van der Waals surface area contributed by atoms with E-state index in [1.54, 1.807) is 6.07 Å². The molecule has 0 aliphatic heterocycles. The zero-order chi connectivity index (χ0) is 12.0. The molecule has 0 aliphatic carbocycles. The van der Waals surface area contributed by atoms with Crippen molar-refractivity contribution in [2.24, 2.45) is 0 Å². The van der Waals surface area contributed by atoms with Crippen LogP contribution >= 0.6 is 11.6 Å². The molecule has 1 unspecified atom stereocenters. The molecule has 1 nitrogen and oxygen atoms in total. The van der Waals surface area contributed by atoms with Crippen molar-refractivity contribution >= 4 is 11.6 Å². The molecule has 0 fully saturated rings. The molecule has 0 spiro atoms. The fourth-order valence-electron chi connectivity index (χ4n) is 1.55. The van der Waals surface area contributed by atoms with E-state index in [9.17, 15) is 4.39 Å². The molecule has 0 saturated heterocycles. The molecular formula is C13H19ClFN. The van der Waals surface area contributed by atoms with Crippen LogP contribution in [0.3, 0.4) is 0 Å². The fraction of sp³-hybridized carbons (Fsp3) is 0.538. The Hall–Kier alpha value is -0.600. The van der Waals surface area contributed by atoms with E-state index in [1.165, 1.54) is 18.9 Å². The Morgan fingerprint density at radius 2 is 2.19 bits per heavy atom. The van der Waals surface area contributed by atoms with Gasteiger partial charge in [-0.1, -0.05) is 37.4 Å². The van der Waals surface area contributed by atoms with Crippen molar-refractivity contribution in [3.8, 4) is 0 Å². The van der Waals surface area contributed by atoms with Gasteiger partial charge in [-0.25, -0.2) is 4.39 Å². The van der Waals surface area contributed by atoms with Crippen molar-refractivity contribution in [2.45, 2.75) is 45.7 Å². The standard InChI is InChI=1S/C13H19ClFN/c1-3-4-5-10(2)16-9-11-6-7-12(14)13(15)8-11/h6-8,10,16H,3-5,9H2,1-2H3. The zero-order valence-electron chi connectivity index (χ0n) is 9.89. The lowest BCUT2D eigenvalue weighted by Crippen LogP contribution is -2.25. The molecule has 16 heavy (non-hydrogen) atoms. The van der Waals surface area contributed by atoms with E-state index in [0.29, 0.717) is 12.6 Å². The van der Waals surface area contributed by atoms with Crippen molar-refractivity contribution in [3.63, 3.8) is 0 Å². The van der Waals surface area contributed by atoms with Crippen LogP contribution in [0.4, 0.5) is 4.39 Å². The van der Waals surface area contributed by atoms with Gasteiger partial charge in [0.25, 0.3) is 0 Å². The summed E-state index contributed by atoms with van der Waals surface area (Å²) in [5, 5.41) is 3.55. The van der Waals surface area contributed by atoms with E-state index in [0.717, 1.165) is 12.0 Å². The average Bonchev–Trinajstić information content (AvgIpc) is 2.28. The summed E-state index contributed by atoms with van der Waals surface area (Å²) in [7, 11) is 0. The summed E-state index contributed by atoms with van der Waals surface area (Å²) in [4.78, 5) is 0. The van der Waals surface area contributed by atoms with E-state index >= 15 is 0 Å². The second kappa shape index (κ2) is 6.87. The first-order chi connectivity index (χ1) is 7.63. The zero-order valence-corrected chi connectivity index (χ0v) is 10.6. The topological polar surface area (TPSA) is 12.0 Å². The second-order valence-corrected chi connectivity index (χ2v) is 4.58. The summed E-state index contributed by atoms with van der Waals surface area (Å²) < 4.78 is 13.1. The molecule has 0 amide bonds. The summed E-state index contributed by atoms with van der Waals surface area (Å²) in [6.07, 6.45) is 3.59. The first kappa shape index (κ1) is 13.5. The Kier molecular flexibility index (Phi) is 5.78. The van der Waals surface area contributed by atoms with Gasteiger partial charge >= 0.3 is 0 Å². The molecule has 0 saturated carbocycles. The van der Waals surface area contributed by atoms with Gasteiger partial charge in [-0.3, -0.25) is 0 Å². The highest BCUT2D eigenvalue weighted by atomic mass is 35.5. The number of rotatable bonds is 6. The average molecular weight is 244 g/mol. The van der Waals surface area contributed by atoms with Crippen molar-refractivity contribution in [1.82, 2.24) is 5.32 Å². The van der Waals surface area contributed by atoms with Gasteiger partial charge < -0.3 is 5.32 Å². The summed E-state index contributed by atoms with van der Waals surface area (Å²) in [6.45, 7) is 5.03. The molecule has 0 radical (unpaired) electrons. The number of benzene rings is 1. The van der Waals surface area contributed by atoms with Crippen LogP contribution in [0.25, 0.3) is 0 Å². The number of nitrogens with one attached hydrogen (secondary N) is 1. The third-order valence-corrected chi connectivity index (χ3v) is 2.94. The molecule has 0 aromatic heterocycles. The minimum Gasteiger partial charge on any atom is -0.310 e. The van der Waals surface area contributed by atoms with Gasteiger partial charge in [0.2, 0.25) is 0 Å². The smallest absolute Gasteiger partial charge is 0.142 e. The largest absolute Gasteiger partial charge is 0.310 e. The summed E-state index contributed by atoms with van der Waals surface area (Å²) in [5.41, 5.74) is 0.935. The molecule has 1 atom stereocenters. The van der Waals surface area contributed by atoms with Crippen molar-refractivity contribution in [3.05, 3.63) is 34.6 Å². The minimum absolute atomic E-state index is 0.183. The predicted octanol–water partition coefficient (Wildman–Crippen LogP) is 4.15. The maximum atomic E-state index is 13.1. The van der Waals surface area contributed by atoms with Crippen LogP contribution in [0.2, 0.25) is 5.02 Å². The van der Waals surface area contributed by atoms with Crippen LogP contribution in [-0.4, -0.2) is 6.04 Å². The molecule has 1 aromatic rings. The fourth-order valence-corrected chi connectivity index (χ4v) is 1.67. The monoisotopic (exact) mass is 243 g/mol. The van der Waals surface area contributed by atoms with E-state index in [4.69, 9.17) is 11.6 Å². The second-order valence-electron chi connectivity index (χ2n) is 4.17. The third-order valence-electron chi connectivity index (χ3n) is 2.63. The number of hydrogen-bond acceptors (Lipinski definition) is 1. The first-order valence-electron chi connectivity index (χ1n) is 5.80. The summed E-state index contributed by atoms with van der Waals surface area (Å²) in [6, 6.07) is 5.41. The molecule has 1 N–H and O–H groups in total. The van der Waals surface area contributed by atoms with Gasteiger partial charge in [-0.15, -0.1) is 0 Å². The van der Waals surface area contributed by atoms with Crippen LogP contribution in [-0.2, 0) is 6.54 Å². The molecule has 0 bridgehead atoms. The maximum Gasteiger partial charge on any atom is 0.142 e. The lowest BCUT2D eigenvalue weighted by molar-refractivity contribution is 0.494. The Balaban J connectivity index is 2.39. The normalized spacial score (nSPS) is 12.8. The highest BCUT2D eigenvalue weighted by Crippen LogP contribution is 2.15. The van der Waals surface area contributed by atoms with Crippen molar-refractivity contribution in [1.29, 1.82) is 0 Å². The molecule has 3 heteroatoms. The minimum atomic E-state index is -0.345. The van der Waals surface area contributed by atoms with E-state index < -0.39 is 0 Å². The predicted molar refractivity (Wildman–Crippen MR) is 67.2 cm³/mol. The Labute approximate surface area is 102 Å².